The van der Waals surface area contributed by atoms with E-state index in [0.29, 0.717) is 19.3 Å². The highest BCUT2D eigenvalue weighted by Gasteiger charge is 2.19. The number of carbonyl (C=O) groups is 3. The highest BCUT2D eigenvalue weighted by atomic mass is 16.6. The van der Waals surface area contributed by atoms with Gasteiger partial charge in [0.05, 0.1) is 0 Å². The maximum atomic E-state index is 12.8. The normalized spacial score (nSPS) is 12.7. The van der Waals surface area contributed by atoms with Gasteiger partial charge in [-0.3, -0.25) is 14.4 Å². The number of ether oxygens (including phenoxy) is 3. The molecule has 0 amide bonds. The molecular formula is C53H90O6. The van der Waals surface area contributed by atoms with Gasteiger partial charge in [-0.05, 0) is 89.9 Å². The van der Waals surface area contributed by atoms with Crippen LogP contribution < -0.4 is 0 Å². The Bertz CT molecular complexity index is 1130. The van der Waals surface area contributed by atoms with Crippen LogP contribution in [0.1, 0.15) is 226 Å². The molecule has 0 bridgehead atoms. The third-order valence-electron chi connectivity index (χ3n) is 10.2. The van der Waals surface area contributed by atoms with Crippen LogP contribution in [-0.4, -0.2) is 37.2 Å². The summed E-state index contributed by atoms with van der Waals surface area (Å²) in [7, 11) is 0. The van der Waals surface area contributed by atoms with Gasteiger partial charge in [-0.2, -0.15) is 0 Å². The molecule has 1 unspecified atom stereocenters. The van der Waals surface area contributed by atoms with Gasteiger partial charge in [-0.1, -0.05) is 190 Å². The van der Waals surface area contributed by atoms with E-state index in [0.717, 1.165) is 109 Å². The van der Waals surface area contributed by atoms with Crippen molar-refractivity contribution in [2.45, 2.75) is 232 Å². The number of carbonyl (C=O) groups excluding carboxylic acids is 3. The van der Waals surface area contributed by atoms with Gasteiger partial charge in [-0.25, -0.2) is 0 Å². The molecule has 1 atom stereocenters. The van der Waals surface area contributed by atoms with Crippen LogP contribution in [0.2, 0.25) is 0 Å². The van der Waals surface area contributed by atoms with Gasteiger partial charge in [-0.15, -0.1) is 0 Å². The van der Waals surface area contributed by atoms with Crippen molar-refractivity contribution < 1.29 is 28.6 Å². The van der Waals surface area contributed by atoms with Crippen LogP contribution in [-0.2, 0) is 28.6 Å². The molecule has 0 fully saturated rings. The van der Waals surface area contributed by atoms with Crippen molar-refractivity contribution in [2.24, 2.45) is 0 Å². The first-order valence-electron chi connectivity index (χ1n) is 24.4. The van der Waals surface area contributed by atoms with Gasteiger partial charge in [0.25, 0.3) is 0 Å². The molecule has 0 saturated heterocycles. The number of unbranched alkanes of at least 4 members (excludes halogenated alkanes) is 20. The van der Waals surface area contributed by atoms with Crippen LogP contribution in [0, 0.1) is 0 Å². The van der Waals surface area contributed by atoms with E-state index in [1.807, 2.05) is 0 Å². The third kappa shape index (κ3) is 45.8. The van der Waals surface area contributed by atoms with E-state index in [2.05, 4.69) is 93.7 Å². The van der Waals surface area contributed by atoms with E-state index in [-0.39, 0.29) is 31.1 Å². The highest BCUT2D eigenvalue weighted by Crippen LogP contribution is 2.14. The maximum Gasteiger partial charge on any atom is 0.306 e. The lowest BCUT2D eigenvalue weighted by Gasteiger charge is -2.18. The molecule has 0 aliphatic carbocycles. The summed E-state index contributed by atoms with van der Waals surface area (Å²) in [5.41, 5.74) is 0. The molecule has 0 heterocycles. The number of rotatable bonds is 43. The summed E-state index contributed by atoms with van der Waals surface area (Å²) in [6.45, 7) is 6.43. The summed E-state index contributed by atoms with van der Waals surface area (Å²) in [5.74, 6) is -0.953. The molecule has 0 radical (unpaired) electrons. The number of allylic oxidation sites excluding steroid dienone is 12. The first-order chi connectivity index (χ1) is 29.0. The minimum Gasteiger partial charge on any atom is -0.462 e. The second-order valence-corrected chi connectivity index (χ2v) is 16.0. The van der Waals surface area contributed by atoms with Crippen molar-refractivity contribution in [3.8, 4) is 0 Å². The molecule has 6 heteroatoms. The highest BCUT2D eigenvalue weighted by molar-refractivity contribution is 5.71. The topological polar surface area (TPSA) is 78.9 Å². The van der Waals surface area contributed by atoms with Crippen LogP contribution in [0.4, 0.5) is 0 Å². The molecule has 0 saturated carbocycles. The van der Waals surface area contributed by atoms with E-state index >= 15 is 0 Å². The van der Waals surface area contributed by atoms with Crippen molar-refractivity contribution in [3.05, 3.63) is 72.9 Å². The van der Waals surface area contributed by atoms with E-state index in [1.165, 1.54) is 77.0 Å². The predicted molar refractivity (Wildman–Crippen MR) is 251 cm³/mol. The monoisotopic (exact) mass is 823 g/mol. The van der Waals surface area contributed by atoms with Crippen LogP contribution in [0.3, 0.4) is 0 Å². The first-order valence-corrected chi connectivity index (χ1v) is 24.4. The molecule has 0 rings (SSSR count). The summed E-state index contributed by atoms with van der Waals surface area (Å²) in [4.78, 5) is 37.8. The number of esters is 3. The Labute approximate surface area is 363 Å². The van der Waals surface area contributed by atoms with Crippen LogP contribution in [0.25, 0.3) is 0 Å². The fourth-order valence-corrected chi connectivity index (χ4v) is 6.52. The van der Waals surface area contributed by atoms with Gasteiger partial charge in [0.2, 0.25) is 0 Å². The van der Waals surface area contributed by atoms with Crippen molar-refractivity contribution in [1.82, 2.24) is 0 Å². The summed E-state index contributed by atoms with van der Waals surface area (Å²) in [5, 5.41) is 0. The van der Waals surface area contributed by atoms with Crippen molar-refractivity contribution in [2.75, 3.05) is 13.2 Å². The van der Waals surface area contributed by atoms with Gasteiger partial charge >= 0.3 is 17.9 Å². The summed E-state index contributed by atoms with van der Waals surface area (Å²) in [6.07, 6.45) is 58.8. The lowest BCUT2D eigenvalue weighted by molar-refractivity contribution is -0.167. The summed E-state index contributed by atoms with van der Waals surface area (Å²) >= 11 is 0. The average Bonchev–Trinajstić information content (AvgIpc) is 3.23. The number of hydrogen-bond donors (Lipinski definition) is 0. The molecule has 338 valence electrons. The van der Waals surface area contributed by atoms with E-state index < -0.39 is 6.10 Å². The molecular weight excluding hydrogens is 733 g/mol. The Morgan fingerprint density at radius 2 is 0.661 bits per heavy atom. The molecule has 0 aromatic rings. The molecule has 0 aromatic carbocycles. The zero-order valence-electron chi connectivity index (χ0n) is 38.5. The van der Waals surface area contributed by atoms with Crippen LogP contribution in [0.15, 0.2) is 72.9 Å². The Morgan fingerprint density at radius 1 is 0.356 bits per heavy atom. The standard InChI is InChI=1S/C53H90O6/c1-4-7-10-13-16-19-22-24-26-28-31-34-37-40-43-46-52(55)58-49-50(48-57-51(54)45-42-39-36-33-30-21-18-15-12-9-6-3)59-53(56)47-44-41-38-35-32-29-27-25-23-20-17-14-11-8-5-2/h7,10,16-17,19-20,24-27,31,34,50H,4-6,8-9,11-15,18,21-23,28-30,32-33,35-49H2,1-3H3/b10-7-,19-16-,20-17-,26-24-,27-25-,34-31-. The van der Waals surface area contributed by atoms with Crippen LogP contribution in [0.5, 0.6) is 0 Å². The van der Waals surface area contributed by atoms with E-state index in [4.69, 9.17) is 14.2 Å². The van der Waals surface area contributed by atoms with E-state index in [9.17, 15) is 14.4 Å². The molecule has 0 aliphatic heterocycles. The molecule has 0 aliphatic rings. The van der Waals surface area contributed by atoms with Gasteiger partial charge < -0.3 is 14.2 Å². The summed E-state index contributed by atoms with van der Waals surface area (Å²) < 4.78 is 16.7. The first kappa shape index (κ1) is 55.9. The van der Waals surface area contributed by atoms with Gasteiger partial charge in [0, 0.05) is 19.3 Å². The van der Waals surface area contributed by atoms with Crippen molar-refractivity contribution >= 4 is 17.9 Å². The Hall–Kier alpha value is -3.15. The zero-order chi connectivity index (χ0) is 43.0. The predicted octanol–water partition coefficient (Wildman–Crippen LogP) is 15.9. The Morgan fingerprint density at radius 3 is 1.10 bits per heavy atom. The molecule has 0 aromatic heterocycles. The molecule has 0 spiro atoms. The lowest BCUT2D eigenvalue weighted by Crippen LogP contribution is -2.30. The average molecular weight is 823 g/mol. The minimum atomic E-state index is -0.796. The minimum absolute atomic E-state index is 0.0934. The quantitative estimate of drug-likeness (QED) is 0.0264. The molecule has 6 nitrogen and oxygen atoms in total. The fourth-order valence-electron chi connectivity index (χ4n) is 6.52. The summed E-state index contributed by atoms with van der Waals surface area (Å²) in [6, 6.07) is 0. The van der Waals surface area contributed by atoms with Crippen molar-refractivity contribution in [3.63, 3.8) is 0 Å². The fraction of sp³-hybridized carbons (Fsp3) is 0.717. The van der Waals surface area contributed by atoms with Crippen molar-refractivity contribution in [1.29, 1.82) is 0 Å². The van der Waals surface area contributed by atoms with Gasteiger partial charge in [0.15, 0.2) is 6.10 Å². The Balaban J connectivity index is 4.47. The SMILES string of the molecule is CC/C=C\C/C=C\C/C=C\C/C=C\CCCCC(=O)OCC(COC(=O)CCCCCCCCCCCCC)OC(=O)CCCCCCC/C=C\C/C=C\CCCCC. The lowest BCUT2D eigenvalue weighted by atomic mass is 10.1. The maximum absolute atomic E-state index is 12.8. The largest absolute Gasteiger partial charge is 0.462 e. The van der Waals surface area contributed by atoms with Crippen LogP contribution >= 0.6 is 0 Å². The Kier molecular flexibility index (Phi) is 45.0. The smallest absolute Gasteiger partial charge is 0.306 e. The number of hydrogen-bond acceptors (Lipinski definition) is 6. The van der Waals surface area contributed by atoms with E-state index in [1.54, 1.807) is 0 Å². The second-order valence-electron chi connectivity index (χ2n) is 16.0. The third-order valence-corrected chi connectivity index (χ3v) is 10.2. The molecule has 59 heavy (non-hydrogen) atoms. The second kappa shape index (κ2) is 47.5. The zero-order valence-corrected chi connectivity index (χ0v) is 38.5. The molecule has 0 N–H and O–H groups in total. The van der Waals surface area contributed by atoms with Gasteiger partial charge in [0.1, 0.15) is 13.2 Å².